The third-order valence-corrected chi connectivity index (χ3v) is 3.54. The van der Waals surface area contributed by atoms with E-state index in [1.807, 2.05) is 26.8 Å². The maximum absolute atomic E-state index is 14.4. The number of ether oxygens (including phenoxy) is 1. The van der Waals surface area contributed by atoms with Gasteiger partial charge in [0.25, 0.3) is 0 Å². The second-order valence-electron chi connectivity index (χ2n) is 6.51. The van der Waals surface area contributed by atoms with Crippen molar-refractivity contribution in [2.24, 2.45) is 0 Å². The van der Waals surface area contributed by atoms with E-state index in [1.165, 1.54) is 6.07 Å². The quantitative estimate of drug-likeness (QED) is 0.618. The van der Waals surface area contributed by atoms with Crippen LogP contribution in [0.3, 0.4) is 0 Å². The van der Waals surface area contributed by atoms with E-state index in [9.17, 15) is 4.39 Å². The van der Waals surface area contributed by atoms with Gasteiger partial charge in [0.2, 0.25) is 0 Å². The summed E-state index contributed by atoms with van der Waals surface area (Å²) in [5.74, 6) is 0.120. The van der Waals surface area contributed by atoms with Gasteiger partial charge in [-0.15, -0.1) is 0 Å². The molecule has 1 aromatic carbocycles. The van der Waals surface area contributed by atoms with Crippen LogP contribution in [0.1, 0.15) is 44.4 Å². The van der Waals surface area contributed by atoms with Crippen LogP contribution in [0.5, 0.6) is 0 Å². The van der Waals surface area contributed by atoms with Gasteiger partial charge in [-0.1, -0.05) is 6.07 Å². The Bertz CT molecular complexity index is 607. The van der Waals surface area contributed by atoms with Crippen LogP contribution in [-0.4, -0.2) is 18.0 Å². The minimum absolute atomic E-state index is 0. The van der Waals surface area contributed by atoms with Crippen LogP contribution in [0, 0.1) is 24.1 Å². The van der Waals surface area contributed by atoms with E-state index in [0.29, 0.717) is 23.6 Å². The Labute approximate surface area is 142 Å². The maximum Gasteiger partial charge on any atom is 0.372 e. The van der Waals surface area contributed by atoms with Crippen molar-refractivity contribution in [3.63, 3.8) is 0 Å². The van der Waals surface area contributed by atoms with Crippen LogP contribution in [0.15, 0.2) is 12.1 Å². The van der Waals surface area contributed by atoms with E-state index in [1.54, 1.807) is 13.8 Å². The number of nitrogens with zero attached hydrogens (tertiary/aromatic N) is 1. The highest BCUT2D eigenvalue weighted by molar-refractivity contribution is 5.92. The molecule has 0 bridgehead atoms. The predicted octanol–water partition coefficient (Wildman–Crippen LogP) is -1.42. The van der Waals surface area contributed by atoms with Crippen LogP contribution >= 0.6 is 0 Å². The number of hydrogen-bond donors (Lipinski definition) is 1. The summed E-state index contributed by atoms with van der Waals surface area (Å²) >= 11 is 0. The molecule has 0 radical (unpaired) electrons. The molecule has 1 heterocycles. The third-order valence-electron chi connectivity index (χ3n) is 3.54. The van der Waals surface area contributed by atoms with Gasteiger partial charge < -0.3 is 28.7 Å². The second-order valence-corrected chi connectivity index (χ2v) is 6.51. The lowest BCUT2D eigenvalue weighted by Gasteiger charge is -2.17. The van der Waals surface area contributed by atoms with Crippen molar-refractivity contribution in [3.8, 4) is 6.07 Å². The highest BCUT2D eigenvalue weighted by atomic mass is 127. The fraction of sp³-hybridized carbons (Fsp3) is 0.500. The summed E-state index contributed by atoms with van der Waals surface area (Å²) in [5, 5.41) is 9.16. The summed E-state index contributed by atoms with van der Waals surface area (Å²) in [7, 11) is 0. The molecule has 3 nitrogen and oxygen atoms in total. The van der Waals surface area contributed by atoms with Crippen LogP contribution in [0.2, 0.25) is 0 Å². The maximum atomic E-state index is 14.4. The number of nitriles is 1. The molecule has 0 unspecified atom stereocenters. The van der Waals surface area contributed by atoms with Crippen molar-refractivity contribution in [2.45, 2.75) is 45.6 Å². The first-order valence-corrected chi connectivity index (χ1v) is 6.66. The third kappa shape index (κ3) is 3.54. The zero-order valence-corrected chi connectivity index (χ0v) is 15.1. The summed E-state index contributed by atoms with van der Waals surface area (Å²) in [5.41, 5.74) is 0.991. The zero-order chi connectivity index (χ0) is 15.1. The zero-order valence-electron chi connectivity index (χ0n) is 13.0. The van der Waals surface area contributed by atoms with Crippen molar-refractivity contribution in [2.75, 3.05) is 6.61 Å². The van der Waals surface area contributed by atoms with Crippen molar-refractivity contribution in [3.05, 3.63) is 34.6 Å². The van der Waals surface area contributed by atoms with Gasteiger partial charge in [-0.2, -0.15) is 5.26 Å². The average Bonchev–Trinajstić information content (AvgIpc) is 2.68. The summed E-state index contributed by atoms with van der Waals surface area (Å²) in [6.45, 7) is 9.90. The smallest absolute Gasteiger partial charge is 0.372 e. The molecule has 0 atom stereocenters. The van der Waals surface area contributed by atoms with Gasteiger partial charge in [-0.25, -0.2) is 9.38 Å². The van der Waals surface area contributed by atoms with Crippen LogP contribution in [0.25, 0.3) is 0 Å². The molecule has 1 aromatic rings. The van der Waals surface area contributed by atoms with Gasteiger partial charge in [0.15, 0.2) is 12.1 Å². The normalized spacial score (nSPS) is 16.5. The molecular weight excluding hydrogens is 382 g/mol. The first kappa shape index (κ1) is 17.9. The number of nitrogens with one attached hydrogen (secondary N) is 1. The predicted molar refractivity (Wildman–Crippen MR) is 74.9 cm³/mol. The number of rotatable bonds is 2. The summed E-state index contributed by atoms with van der Waals surface area (Å²) < 4.78 is 20.0. The first-order chi connectivity index (χ1) is 9.16. The Kier molecular flexibility index (Phi) is 5.04. The van der Waals surface area contributed by atoms with E-state index < -0.39 is 5.41 Å². The molecule has 0 aliphatic carbocycles. The topological polar surface area (TPSA) is 47.0 Å². The summed E-state index contributed by atoms with van der Waals surface area (Å²) in [4.78, 5) is 3.19. The van der Waals surface area contributed by atoms with E-state index >= 15 is 0 Å². The highest BCUT2D eigenvalue weighted by Crippen LogP contribution is 2.27. The van der Waals surface area contributed by atoms with Gasteiger partial charge in [0.05, 0.1) is 11.5 Å². The summed E-state index contributed by atoms with van der Waals surface area (Å²) in [6.07, 6.45) is 0. The molecule has 2 rings (SSSR count). The van der Waals surface area contributed by atoms with Crippen LogP contribution in [-0.2, 0) is 10.2 Å². The van der Waals surface area contributed by atoms with Gasteiger partial charge in [0.1, 0.15) is 11.4 Å². The monoisotopic (exact) mass is 402 g/mol. The number of benzene rings is 1. The van der Waals surface area contributed by atoms with Gasteiger partial charge in [-0.3, -0.25) is 0 Å². The molecule has 0 spiro atoms. The Morgan fingerprint density at radius 1 is 1.38 bits per heavy atom. The standard InChI is InChI=1S/C16H19FN2O.HI/c1-10-6-11(15(2,3)8-18)7-12(17)13(10)14-19-16(4,5)9-20-14;/h6-7H,9H2,1-5H3;1H. The molecule has 0 saturated heterocycles. The van der Waals surface area contributed by atoms with Crippen molar-refractivity contribution >= 4 is 5.90 Å². The minimum atomic E-state index is -0.710. The number of halogens is 2. The lowest BCUT2D eigenvalue weighted by Crippen LogP contribution is -3.00. The summed E-state index contributed by atoms with van der Waals surface area (Å²) in [6, 6.07) is 5.47. The number of hydrogen-bond acceptors (Lipinski definition) is 2. The van der Waals surface area contributed by atoms with Crippen molar-refractivity contribution in [1.29, 1.82) is 5.26 Å². The Morgan fingerprint density at radius 2 is 2.00 bits per heavy atom. The Morgan fingerprint density at radius 3 is 2.43 bits per heavy atom. The molecule has 0 aromatic heterocycles. The Balaban J connectivity index is 0.00000220. The fourth-order valence-electron chi connectivity index (χ4n) is 2.22. The second kappa shape index (κ2) is 5.91. The van der Waals surface area contributed by atoms with Crippen LogP contribution < -0.4 is 29.0 Å². The van der Waals surface area contributed by atoms with E-state index in [4.69, 9.17) is 10.00 Å². The number of aryl methyl sites for hydroxylation is 1. The van der Waals surface area contributed by atoms with E-state index in [2.05, 4.69) is 11.1 Å². The molecule has 114 valence electrons. The highest BCUT2D eigenvalue weighted by Gasteiger charge is 2.37. The fourth-order valence-corrected chi connectivity index (χ4v) is 2.22. The van der Waals surface area contributed by atoms with Crippen molar-refractivity contribution < 1.29 is 38.1 Å². The molecule has 0 saturated carbocycles. The molecule has 0 fully saturated rings. The van der Waals surface area contributed by atoms with Gasteiger partial charge >= 0.3 is 5.90 Å². The first-order valence-electron chi connectivity index (χ1n) is 6.66. The lowest BCUT2D eigenvalue weighted by atomic mass is 9.84. The lowest BCUT2D eigenvalue weighted by molar-refractivity contribution is -0.530. The Hall–Kier alpha value is -1.16. The van der Waals surface area contributed by atoms with Crippen LogP contribution in [0.4, 0.5) is 4.39 Å². The molecule has 0 amide bonds. The largest absolute Gasteiger partial charge is 1.00 e. The molecule has 1 aliphatic rings. The molecule has 5 heteroatoms. The van der Waals surface area contributed by atoms with E-state index in [-0.39, 0.29) is 35.3 Å². The van der Waals surface area contributed by atoms with E-state index in [0.717, 1.165) is 5.56 Å². The van der Waals surface area contributed by atoms with Crippen molar-refractivity contribution in [1.82, 2.24) is 0 Å². The van der Waals surface area contributed by atoms with Gasteiger partial charge in [-0.05, 0) is 38.0 Å². The molecular formula is C16H20FIN2O. The SMILES string of the molecule is Cc1cc(C(C)(C)C#N)cc(F)c1C1=[NH+]C(C)(C)CO1.[I-]. The average molecular weight is 402 g/mol. The molecule has 1 aliphatic heterocycles. The van der Waals surface area contributed by atoms with Gasteiger partial charge in [0, 0.05) is 13.8 Å². The molecule has 1 N–H and O–H groups in total. The molecule has 21 heavy (non-hydrogen) atoms. The minimum Gasteiger partial charge on any atom is -1.00 e.